The number of hydrogen-bond acceptors (Lipinski definition) is 6. The van der Waals surface area contributed by atoms with Crippen LogP contribution >= 0.6 is 11.6 Å². The van der Waals surface area contributed by atoms with Crippen LogP contribution in [0.15, 0.2) is 49.1 Å². The maximum Gasteiger partial charge on any atom is 0.256 e. The fraction of sp³-hybridized carbons (Fsp3) is 0.400. The van der Waals surface area contributed by atoms with Crippen LogP contribution in [0.4, 0.5) is 5.69 Å². The topological polar surface area (TPSA) is 93.9 Å². The van der Waals surface area contributed by atoms with E-state index in [-0.39, 0.29) is 23.5 Å². The van der Waals surface area contributed by atoms with Crippen LogP contribution in [-0.2, 0) is 10.3 Å². The summed E-state index contributed by atoms with van der Waals surface area (Å²) >= 11 is 6.61. The number of amides is 1. The van der Waals surface area contributed by atoms with Crippen LogP contribution in [0.2, 0.25) is 5.02 Å². The van der Waals surface area contributed by atoms with E-state index in [1.54, 1.807) is 24.3 Å². The van der Waals surface area contributed by atoms with Crippen LogP contribution in [0, 0.1) is 10.1 Å². The van der Waals surface area contributed by atoms with Gasteiger partial charge in [-0.1, -0.05) is 42.5 Å². The van der Waals surface area contributed by atoms with Gasteiger partial charge < -0.3 is 14.8 Å². The monoisotopic (exact) mass is 483 g/mol. The first-order chi connectivity index (χ1) is 16.4. The molecule has 8 nitrogen and oxygen atoms in total. The van der Waals surface area contributed by atoms with E-state index in [0.29, 0.717) is 46.5 Å². The first kappa shape index (κ1) is 22.7. The van der Waals surface area contributed by atoms with Crippen LogP contribution in [-0.4, -0.2) is 47.6 Å². The van der Waals surface area contributed by atoms with Gasteiger partial charge in [-0.2, -0.15) is 0 Å². The zero-order valence-corrected chi connectivity index (χ0v) is 19.6. The van der Waals surface area contributed by atoms with Crippen LogP contribution in [0.1, 0.15) is 36.8 Å². The molecule has 9 heteroatoms. The minimum atomic E-state index is -1.37. The molecule has 0 bridgehead atoms. The first-order valence-electron chi connectivity index (χ1n) is 11.5. The summed E-state index contributed by atoms with van der Waals surface area (Å²) in [4.78, 5) is 28.1. The Morgan fingerprint density at radius 3 is 2.88 bits per heavy atom. The van der Waals surface area contributed by atoms with Gasteiger partial charge >= 0.3 is 0 Å². The van der Waals surface area contributed by atoms with Crippen LogP contribution in [0.5, 0.6) is 11.5 Å². The van der Waals surface area contributed by atoms with Gasteiger partial charge in [-0.3, -0.25) is 19.8 Å². The minimum Gasteiger partial charge on any atom is -0.490 e. The maximum absolute atomic E-state index is 13.6. The number of benzene rings is 2. The number of nitrogens with zero attached hydrogens (tertiary/aromatic N) is 2. The summed E-state index contributed by atoms with van der Waals surface area (Å²) in [6.45, 7) is 6.75. The van der Waals surface area contributed by atoms with Crippen LogP contribution in [0.3, 0.4) is 0 Å². The summed E-state index contributed by atoms with van der Waals surface area (Å²) in [6, 6.07) is 9.40. The zero-order valence-electron chi connectivity index (χ0n) is 18.8. The van der Waals surface area contributed by atoms with Crippen molar-refractivity contribution in [2.45, 2.75) is 43.3 Å². The predicted molar refractivity (Wildman–Crippen MR) is 128 cm³/mol. The van der Waals surface area contributed by atoms with Crippen molar-refractivity contribution >= 4 is 23.2 Å². The number of para-hydroxylation sites is 1. The molecule has 34 heavy (non-hydrogen) atoms. The van der Waals surface area contributed by atoms with Gasteiger partial charge in [0, 0.05) is 28.8 Å². The quantitative estimate of drug-likeness (QED) is 0.357. The Kier molecular flexibility index (Phi) is 5.73. The smallest absolute Gasteiger partial charge is 0.256 e. The van der Waals surface area contributed by atoms with E-state index in [2.05, 4.69) is 11.9 Å². The molecular weight excluding hydrogens is 458 g/mol. The maximum atomic E-state index is 13.6. The first-order valence-corrected chi connectivity index (χ1v) is 11.8. The number of nitrogens with one attached hydrogen (secondary N) is 1. The van der Waals surface area contributed by atoms with Gasteiger partial charge in [0.05, 0.1) is 17.5 Å². The van der Waals surface area contributed by atoms with E-state index in [0.717, 1.165) is 12.8 Å². The number of rotatable bonds is 7. The summed E-state index contributed by atoms with van der Waals surface area (Å²) in [5.74, 6) is -0.0908. The van der Waals surface area contributed by atoms with E-state index >= 15 is 0 Å². The molecule has 4 atom stereocenters. The molecule has 5 rings (SSSR count). The Labute approximate surface area is 202 Å². The second-order valence-electron chi connectivity index (χ2n) is 8.79. The fourth-order valence-electron chi connectivity index (χ4n) is 6.10. The number of carbonyl (C=O) groups is 1. The Balaban J connectivity index is 1.69. The SMILES string of the molecule is C=CCOc1c(Cl)cc([C@H]2[C@H]([N+](=O)[O-])[C@@]3(C(=O)Nc4ccccc43)N3CCC[C@@H]23)cc1OCC. The van der Waals surface area contributed by atoms with E-state index in [1.807, 2.05) is 30.0 Å². The highest BCUT2D eigenvalue weighted by molar-refractivity contribution is 6.32. The van der Waals surface area contributed by atoms with Gasteiger partial charge in [-0.05, 0) is 43.5 Å². The molecule has 0 unspecified atom stereocenters. The molecule has 3 aliphatic heterocycles. The second-order valence-corrected chi connectivity index (χ2v) is 9.19. The second kappa shape index (κ2) is 8.60. The standard InChI is InChI=1S/C25H26ClN3O5/c1-3-12-34-22-17(26)13-15(14-20(22)33-4-2)21-19-10-7-11-28(19)25(23(21)29(31)32)16-8-5-6-9-18(16)27-24(25)30/h3,5-6,8-9,13-14,19,21,23H,1,4,7,10-12H2,2H3,(H,27,30)/t19-,21+,23-,25-/m0/s1. The lowest BCUT2D eigenvalue weighted by Crippen LogP contribution is -2.55. The van der Waals surface area contributed by atoms with Gasteiger partial charge in [0.2, 0.25) is 0 Å². The van der Waals surface area contributed by atoms with E-state index in [9.17, 15) is 14.9 Å². The molecule has 1 spiro atoms. The number of nitro groups is 1. The molecule has 2 aromatic carbocycles. The molecule has 3 aliphatic rings. The van der Waals surface area contributed by atoms with Crippen LogP contribution < -0.4 is 14.8 Å². The molecule has 0 aliphatic carbocycles. The van der Waals surface area contributed by atoms with Crippen molar-refractivity contribution in [1.82, 2.24) is 4.90 Å². The Hall–Kier alpha value is -3.10. The average Bonchev–Trinajstić information content (AvgIpc) is 3.46. The summed E-state index contributed by atoms with van der Waals surface area (Å²) in [6.07, 6.45) is 3.22. The highest BCUT2D eigenvalue weighted by Crippen LogP contribution is 2.58. The number of carbonyl (C=O) groups excluding carboxylic acids is 1. The molecule has 1 N–H and O–H groups in total. The van der Waals surface area contributed by atoms with Gasteiger partial charge in [0.25, 0.3) is 11.9 Å². The zero-order chi connectivity index (χ0) is 24.0. The average molecular weight is 484 g/mol. The number of fused-ring (bicyclic) bond motifs is 4. The third-order valence-electron chi connectivity index (χ3n) is 7.16. The Morgan fingerprint density at radius 1 is 1.35 bits per heavy atom. The molecule has 3 heterocycles. The summed E-state index contributed by atoms with van der Waals surface area (Å²) in [5, 5.41) is 16.0. The third-order valence-corrected chi connectivity index (χ3v) is 7.44. The highest BCUT2D eigenvalue weighted by atomic mass is 35.5. The number of halogens is 1. The molecular formula is C25H26ClN3O5. The lowest BCUT2D eigenvalue weighted by Gasteiger charge is -2.32. The Bertz CT molecular complexity index is 1170. The predicted octanol–water partition coefficient (Wildman–Crippen LogP) is 4.36. The van der Waals surface area contributed by atoms with E-state index in [4.69, 9.17) is 21.1 Å². The van der Waals surface area contributed by atoms with Crippen LogP contribution in [0.25, 0.3) is 0 Å². The molecule has 0 saturated carbocycles. The molecule has 1 amide bonds. The lowest BCUT2D eigenvalue weighted by atomic mass is 9.77. The van der Waals surface area contributed by atoms with Crippen molar-refractivity contribution in [3.63, 3.8) is 0 Å². The van der Waals surface area contributed by atoms with Gasteiger partial charge in [-0.15, -0.1) is 0 Å². The molecule has 2 aromatic rings. The molecule has 2 fully saturated rings. The van der Waals surface area contributed by atoms with Crippen molar-refractivity contribution < 1.29 is 19.2 Å². The number of anilines is 1. The van der Waals surface area contributed by atoms with E-state index < -0.39 is 17.5 Å². The summed E-state index contributed by atoms with van der Waals surface area (Å²) in [5.41, 5.74) is 0.597. The molecule has 0 radical (unpaired) electrons. The van der Waals surface area contributed by atoms with Crippen molar-refractivity contribution in [1.29, 1.82) is 0 Å². The van der Waals surface area contributed by atoms with Gasteiger partial charge in [0.15, 0.2) is 17.0 Å². The third kappa shape index (κ3) is 3.12. The molecule has 2 saturated heterocycles. The highest BCUT2D eigenvalue weighted by Gasteiger charge is 2.73. The van der Waals surface area contributed by atoms with Crippen molar-refractivity contribution in [3.05, 3.63) is 75.3 Å². The van der Waals surface area contributed by atoms with Gasteiger partial charge in [0.1, 0.15) is 6.61 Å². The van der Waals surface area contributed by atoms with Crippen molar-refractivity contribution in [2.75, 3.05) is 25.1 Å². The number of hydrogen-bond donors (Lipinski definition) is 1. The van der Waals surface area contributed by atoms with E-state index in [1.165, 1.54) is 0 Å². The largest absolute Gasteiger partial charge is 0.490 e. The molecule has 0 aromatic heterocycles. The normalized spacial score (nSPS) is 27.4. The summed E-state index contributed by atoms with van der Waals surface area (Å²) < 4.78 is 11.5. The van der Waals surface area contributed by atoms with Crippen molar-refractivity contribution in [2.24, 2.45) is 0 Å². The Morgan fingerprint density at radius 2 is 2.15 bits per heavy atom. The fourth-order valence-corrected chi connectivity index (χ4v) is 6.37. The van der Waals surface area contributed by atoms with Crippen molar-refractivity contribution in [3.8, 4) is 11.5 Å². The lowest BCUT2D eigenvalue weighted by molar-refractivity contribution is -0.534. The molecule has 178 valence electrons. The summed E-state index contributed by atoms with van der Waals surface area (Å²) in [7, 11) is 0. The number of ether oxygens (including phenoxy) is 2. The minimum absolute atomic E-state index is 0.183. The van der Waals surface area contributed by atoms with Gasteiger partial charge in [-0.25, -0.2) is 0 Å².